The maximum Gasteiger partial charge on any atom is 0.0169 e. The topological polar surface area (TPSA) is 15.3 Å². The summed E-state index contributed by atoms with van der Waals surface area (Å²) in [6, 6.07) is 1.32. The predicted molar refractivity (Wildman–Crippen MR) is 60.4 cm³/mol. The lowest BCUT2D eigenvalue weighted by molar-refractivity contribution is 0.153. The first-order chi connectivity index (χ1) is 6.74. The quantitative estimate of drug-likeness (QED) is 0.672. The molecule has 2 atom stereocenters. The largest absolute Gasteiger partial charge is 0.309 e. The van der Waals surface area contributed by atoms with Crippen molar-refractivity contribution in [1.82, 2.24) is 10.2 Å². The van der Waals surface area contributed by atoms with Crippen LogP contribution in [0.3, 0.4) is 0 Å². The van der Waals surface area contributed by atoms with Gasteiger partial charge in [-0.15, -0.1) is 0 Å². The highest BCUT2D eigenvalue weighted by atomic mass is 15.2. The third-order valence-corrected chi connectivity index (χ3v) is 3.26. The fourth-order valence-corrected chi connectivity index (χ4v) is 2.78. The van der Waals surface area contributed by atoms with E-state index in [4.69, 9.17) is 0 Å². The summed E-state index contributed by atoms with van der Waals surface area (Å²) in [5.74, 6) is 0.896. The van der Waals surface area contributed by atoms with Gasteiger partial charge in [0, 0.05) is 31.7 Å². The second kappa shape index (κ2) is 4.45. The van der Waals surface area contributed by atoms with Crippen molar-refractivity contribution in [2.24, 2.45) is 5.92 Å². The lowest BCUT2D eigenvalue weighted by atomic mass is 10.0. The summed E-state index contributed by atoms with van der Waals surface area (Å²) in [5, 5.41) is 3.58. The standard InChI is InChI=1S/C12H22N2/c1-10-7-14(8-11(2)13-10)9-12-5-3-4-6-12/h3-4,10-13H,5-9H2,1-2H3/t10-,11+. The number of nitrogens with zero attached hydrogens (tertiary/aromatic N) is 1. The molecule has 0 saturated carbocycles. The van der Waals surface area contributed by atoms with Crippen LogP contribution >= 0.6 is 0 Å². The van der Waals surface area contributed by atoms with E-state index in [1.165, 1.54) is 32.5 Å². The van der Waals surface area contributed by atoms with E-state index in [-0.39, 0.29) is 0 Å². The Kier molecular flexibility index (Phi) is 3.24. The van der Waals surface area contributed by atoms with Gasteiger partial charge in [0.05, 0.1) is 0 Å². The Morgan fingerprint density at radius 1 is 1.14 bits per heavy atom. The molecule has 1 saturated heterocycles. The van der Waals surface area contributed by atoms with Gasteiger partial charge in [0.15, 0.2) is 0 Å². The van der Waals surface area contributed by atoms with Crippen molar-refractivity contribution in [2.75, 3.05) is 19.6 Å². The fourth-order valence-electron chi connectivity index (χ4n) is 2.78. The molecule has 1 heterocycles. The molecule has 1 fully saturated rings. The Balaban J connectivity index is 1.79. The van der Waals surface area contributed by atoms with Gasteiger partial charge >= 0.3 is 0 Å². The highest BCUT2D eigenvalue weighted by molar-refractivity contribution is 4.95. The Labute approximate surface area is 87.4 Å². The minimum Gasteiger partial charge on any atom is -0.309 e. The lowest BCUT2D eigenvalue weighted by Crippen LogP contribution is -2.54. The van der Waals surface area contributed by atoms with Crippen LogP contribution in [0.4, 0.5) is 0 Å². The van der Waals surface area contributed by atoms with Gasteiger partial charge < -0.3 is 5.32 Å². The lowest BCUT2D eigenvalue weighted by Gasteiger charge is -2.37. The van der Waals surface area contributed by atoms with Crippen LogP contribution in [-0.4, -0.2) is 36.6 Å². The summed E-state index contributed by atoms with van der Waals surface area (Å²) in [4.78, 5) is 2.63. The highest BCUT2D eigenvalue weighted by Crippen LogP contribution is 2.19. The molecule has 1 aliphatic carbocycles. The summed E-state index contributed by atoms with van der Waals surface area (Å²) < 4.78 is 0. The minimum atomic E-state index is 0.660. The van der Waals surface area contributed by atoms with E-state index in [1.807, 2.05) is 0 Å². The van der Waals surface area contributed by atoms with Crippen molar-refractivity contribution in [3.63, 3.8) is 0 Å². The van der Waals surface area contributed by atoms with Crippen LogP contribution in [0.5, 0.6) is 0 Å². The summed E-state index contributed by atoms with van der Waals surface area (Å²) in [6.45, 7) is 8.32. The van der Waals surface area contributed by atoms with Crippen LogP contribution in [0.15, 0.2) is 12.2 Å². The molecule has 0 aromatic rings. The fraction of sp³-hybridized carbons (Fsp3) is 0.833. The molecule has 0 bridgehead atoms. The second-order valence-electron chi connectivity index (χ2n) is 5.00. The average Bonchev–Trinajstić information content (AvgIpc) is 2.54. The van der Waals surface area contributed by atoms with Gasteiger partial charge in [-0.3, -0.25) is 4.90 Å². The molecule has 0 aromatic carbocycles. The van der Waals surface area contributed by atoms with E-state index in [0.717, 1.165) is 5.92 Å². The molecule has 2 rings (SSSR count). The zero-order valence-corrected chi connectivity index (χ0v) is 9.37. The summed E-state index contributed by atoms with van der Waals surface area (Å²) in [5.41, 5.74) is 0. The van der Waals surface area contributed by atoms with E-state index in [1.54, 1.807) is 0 Å². The van der Waals surface area contributed by atoms with Crippen molar-refractivity contribution in [1.29, 1.82) is 0 Å². The Morgan fingerprint density at radius 3 is 2.29 bits per heavy atom. The van der Waals surface area contributed by atoms with Crippen LogP contribution in [0.2, 0.25) is 0 Å². The van der Waals surface area contributed by atoms with Crippen LogP contribution < -0.4 is 5.32 Å². The summed E-state index contributed by atoms with van der Waals surface area (Å²) in [6.07, 6.45) is 7.26. The van der Waals surface area contributed by atoms with Crippen molar-refractivity contribution in [2.45, 2.75) is 38.8 Å². The smallest absolute Gasteiger partial charge is 0.0169 e. The summed E-state index contributed by atoms with van der Waals surface area (Å²) in [7, 11) is 0. The van der Waals surface area contributed by atoms with E-state index in [2.05, 4.69) is 36.2 Å². The molecule has 2 aliphatic rings. The molecule has 2 heteroatoms. The van der Waals surface area contributed by atoms with Gasteiger partial charge in [0.1, 0.15) is 0 Å². The Bertz CT molecular complexity index is 194. The maximum atomic E-state index is 3.58. The minimum absolute atomic E-state index is 0.660. The molecule has 0 aromatic heterocycles. The van der Waals surface area contributed by atoms with E-state index >= 15 is 0 Å². The zero-order valence-electron chi connectivity index (χ0n) is 9.37. The maximum absolute atomic E-state index is 3.58. The molecular formula is C12H22N2. The SMILES string of the molecule is C[C@@H]1CN(CC2CC=CC2)C[C@H](C)N1. The number of rotatable bonds is 2. The van der Waals surface area contributed by atoms with Crippen molar-refractivity contribution >= 4 is 0 Å². The van der Waals surface area contributed by atoms with Gasteiger partial charge in [-0.05, 0) is 32.6 Å². The first kappa shape index (κ1) is 10.2. The van der Waals surface area contributed by atoms with Crippen molar-refractivity contribution in [3.8, 4) is 0 Å². The van der Waals surface area contributed by atoms with Gasteiger partial charge in [0.2, 0.25) is 0 Å². The number of hydrogen-bond acceptors (Lipinski definition) is 2. The number of nitrogens with one attached hydrogen (secondary N) is 1. The Hall–Kier alpha value is -0.340. The first-order valence-corrected chi connectivity index (χ1v) is 5.87. The highest BCUT2D eigenvalue weighted by Gasteiger charge is 2.23. The molecule has 0 unspecified atom stereocenters. The van der Waals surface area contributed by atoms with Crippen molar-refractivity contribution in [3.05, 3.63) is 12.2 Å². The molecule has 1 aliphatic heterocycles. The number of hydrogen-bond donors (Lipinski definition) is 1. The molecule has 0 amide bonds. The number of piperazine rings is 1. The van der Waals surface area contributed by atoms with Crippen molar-refractivity contribution < 1.29 is 0 Å². The number of allylic oxidation sites excluding steroid dienone is 2. The zero-order chi connectivity index (χ0) is 9.97. The van der Waals surface area contributed by atoms with E-state index in [9.17, 15) is 0 Å². The second-order valence-corrected chi connectivity index (χ2v) is 5.00. The monoisotopic (exact) mass is 194 g/mol. The predicted octanol–water partition coefficient (Wildman–Crippen LogP) is 1.63. The molecule has 1 N–H and O–H groups in total. The average molecular weight is 194 g/mol. The van der Waals surface area contributed by atoms with Gasteiger partial charge in [-0.1, -0.05) is 12.2 Å². The van der Waals surface area contributed by atoms with E-state index < -0.39 is 0 Å². The molecule has 2 nitrogen and oxygen atoms in total. The van der Waals surface area contributed by atoms with Gasteiger partial charge in [0.25, 0.3) is 0 Å². The normalized spacial score (nSPS) is 35.3. The molecule has 0 spiro atoms. The van der Waals surface area contributed by atoms with Crippen LogP contribution in [-0.2, 0) is 0 Å². The van der Waals surface area contributed by atoms with Gasteiger partial charge in [-0.2, -0.15) is 0 Å². The van der Waals surface area contributed by atoms with Crippen LogP contribution in [0, 0.1) is 5.92 Å². The molecule has 14 heavy (non-hydrogen) atoms. The molecule has 80 valence electrons. The molecule has 0 radical (unpaired) electrons. The Morgan fingerprint density at radius 2 is 1.71 bits per heavy atom. The van der Waals surface area contributed by atoms with Crippen LogP contribution in [0.1, 0.15) is 26.7 Å². The summed E-state index contributed by atoms with van der Waals surface area (Å²) >= 11 is 0. The molecular weight excluding hydrogens is 172 g/mol. The van der Waals surface area contributed by atoms with Gasteiger partial charge in [-0.25, -0.2) is 0 Å². The van der Waals surface area contributed by atoms with Crippen LogP contribution in [0.25, 0.3) is 0 Å². The first-order valence-electron chi connectivity index (χ1n) is 5.87. The third-order valence-electron chi connectivity index (χ3n) is 3.26. The third kappa shape index (κ3) is 2.58. The van der Waals surface area contributed by atoms with E-state index in [0.29, 0.717) is 12.1 Å².